The molecule has 0 saturated heterocycles. The van der Waals surface area contributed by atoms with Crippen LogP contribution in [0.4, 0.5) is 10.1 Å². The molecule has 0 aliphatic heterocycles. The third-order valence-electron chi connectivity index (χ3n) is 3.75. The van der Waals surface area contributed by atoms with E-state index in [1.54, 1.807) is 18.2 Å². The maximum absolute atomic E-state index is 13.7. The van der Waals surface area contributed by atoms with Crippen LogP contribution in [-0.2, 0) is 16.1 Å². The maximum atomic E-state index is 13.7. The van der Waals surface area contributed by atoms with E-state index in [9.17, 15) is 14.0 Å². The van der Waals surface area contributed by atoms with Gasteiger partial charge in [0, 0.05) is 24.7 Å². The molecule has 1 N–H and O–H groups in total. The van der Waals surface area contributed by atoms with Crippen molar-refractivity contribution in [1.82, 2.24) is 4.90 Å². The number of carbonyl (C=O) groups is 2. The van der Waals surface area contributed by atoms with Crippen LogP contribution in [0.1, 0.15) is 23.6 Å². The summed E-state index contributed by atoms with van der Waals surface area (Å²) in [5, 5.41) is 2.80. The SMILES string of the molecule is CC(=O)N(CC(=O)Nc1ccc(C)cc1C)Cc1ccccc1F. The molecule has 0 bridgehead atoms. The van der Waals surface area contributed by atoms with Crippen LogP contribution >= 0.6 is 0 Å². The van der Waals surface area contributed by atoms with Gasteiger partial charge in [0.25, 0.3) is 0 Å². The average Bonchev–Trinajstić information content (AvgIpc) is 2.51. The lowest BCUT2D eigenvalue weighted by Crippen LogP contribution is -2.36. The van der Waals surface area contributed by atoms with Crippen molar-refractivity contribution in [3.8, 4) is 0 Å². The molecule has 0 unspecified atom stereocenters. The molecule has 0 aromatic heterocycles. The van der Waals surface area contributed by atoms with E-state index < -0.39 is 5.82 Å². The van der Waals surface area contributed by atoms with Gasteiger partial charge < -0.3 is 10.2 Å². The van der Waals surface area contributed by atoms with Crippen LogP contribution in [0.2, 0.25) is 0 Å². The normalized spacial score (nSPS) is 10.3. The van der Waals surface area contributed by atoms with Gasteiger partial charge in [-0.25, -0.2) is 4.39 Å². The highest BCUT2D eigenvalue weighted by molar-refractivity contribution is 5.94. The molecular formula is C19H21FN2O2. The van der Waals surface area contributed by atoms with Crippen molar-refractivity contribution in [2.45, 2.75) is 27.3 Å². The molecular weight excluding hydrogens is 307 g/mol. The Kier molecular flexibility index (Phi) is 5.68. The van der Waals surface area contributed by atoms with Gasteiger partial charge in [0.2, 0.25) is 11.8 Å². The highest BCUT2D eigenvalue weighted by Crippen LogP contribution is 2.16. The van der Waals surface area contributed by atoms with E-state index >= 15 is 0 Å². The van der Waals surface area contributed by atoms with E-state index in [4.69, 9.17) is 0 Å². The largest absolute Gasteiger partial charge is 0.329 e. The number of benzene rings is 2. The maximum Gasteiger partial charge on any atom is 0.244 e. The molecule has 0 aliphatic rings. The zero-order valence-electron chi connectivity index (χ0n) is 14.1. The molecule has 0 aliphatic carbocycles. The van der Waals surface area contributed by atoms with Crippen LogP contribution in [0.15, 0.2) is 42.5 Å². The Morgan fingerprint density at radius 1 is 1.12 bits per heavy atom. The molecule has 0 fully saturated rings. The number of halogens is 1. The number of nitrogens with zero attached hydrogens (tertiary/aromatic N) is 1. The van der Waals surface area contributed by atoms with Crippen LogP contribution in [-0.4, -0.2) is 23.3 Å². The number of aryl methyl sites for hydroxylation is 2. The summed E-state index contributed by atoms with van der Waals surface area (Å²) < 4.78 is 13.7. The highest BCUT2D eigenvalue weighted by atomic mass is 19.1. The van der Waals surface area contributed by atoms with Gasteiger partial charge in [0.05, 0.1) is 0 Å². The minimum absolute atomic E-state index is 0.0578. The Morgan fingerprint density at radius 2 is 1.83 bits per heavy atom. The average molecular weight is 328 g/mol. The monoisotopic (exact) mass is 328 g/mol. The Morgan fingerprint density at radius 3 is 2.46 bits per heavy atom. The minimum atomic E-state index is -0.390. The summed E-state index contributed by atoms with van der Waals surface area (Å²) in [6.07, 6.45) is 0. The number of hydrogen-bond donors (Lipinski definition) is 1. The molecule has 0 spiro atoms. The summed E-state index contributed by atoms with van der Waals surface area (Å²) in [6, 6.07) is 11.9. The molecule has 2 aromatic carbocycles. The van der Waals surface area contributed by atoms with Crippen LogP contribution in [0.3, 0.4) is 0 Å². The van der Waals surface area contributed by atoms with Crippen LogP contribution in [0.25, 0.3) is 0 Å². The first kappa shape index (κ1) is 17.7. The Bertz CT molecular complexity index is 759. The third kappa shape index (κ3) is 4.65. The van der Waals surface area contributed by atoms with Crippen LogP contribution < -0.4 is 5.32 Å². The van der Waals surface area contributed by atoms with Gasteiger partial charge in [-0.3, -0.25) is 9.59 Å². The van der Waals surface area contributed by atoms with E-state index in [1.165, 1.54) is 17.9 Å². The van der Waals surface area contributed by atoms with Gasteiger partial charge in [-0.15, -0.1) is 0 Å². The highest BCUT2D eigenvalue weighted by Gasteiger charge is 2.16. The summed E-state index contributed by atoms with van der Waals surface area (Å²) >= 11 is 0. The second kappa shape index (κ2) is 7.73. The number of amides is 2. The van der Waals surface area contributed by atoms with Crippen molar-refractivity contribution >= 4 is 17.5 Å². The van der Waals surface area contributed by atoms with E-state index in [0.717, 1.165) is 11.1 Å². The van der Waals surface area contributed by atoms with Gasteiger partial charge in [-0.1, -0.05) is 35.9 Å². The summed E-state index contributed by atoms with van der Waals surface area (Å²) in [4.78, 5) is 25.3. The number of hydrogen-bond acceptors (Lipinski definition) is 2. The lowest BCUT2D eigenvalue weighted by molar-refractivity contribution is -0.133. The van der Waals surface area contributed by atoms with Crippen molar-refractivity contribution in [1.29, 1.82) is 0 Å². The lowest BCUT2D eigenvalue weighted by Gasteiger charge is -2.21. The summed E-state index contributed by atoms with van der Waals surface area (Å²) in [5.41, 5.74) is 3.15. The van der Waals surface area contributed by atoms with E-state index in [1.807, 2.05) is 32.0 Å². The topological polar surface area (TPSA) is 49.4 Å². The van der Waals surface area contributed by atoms with Crippen LogP contribution in [0, 0.1) is 19.7 Å². The zero-order chi connectivity index (χ0) is 17.7. The van der Waals surface area contributed by atoms with Crippen molar-refractivity contribution < 1.29 is 14.0 Å². The van der Waals surface area contributed by atoms with Gasteiger partial charge in [-0.05, 0) is 31.5 Å². The van der Waals surface area contributed by atoms with Gasteiger partial charge in [-0.2, -0.15) is 0 Å². The van der Waals surface area contributed by atoms with Crippen LogP contribution in [0.5, 0.6) is 0 Å². The van der Waals surface area contributed by atoms with E-state index in [-0.39, 0.29) is 24.9 Å². The Balaban J connectivity index is 2.06. The molecule has 0 saturated carbocycles. The molecule has 24 heavy (non-hydrogen) atoms. The van der Waals surface area contributed by atoms with Gasteiger partial charge >= 0.3 is 0 Å². The smallest absolute Gasteiger partial charge is 0.244 e. The molecule has 0 heterocycles. The molecule has 2 rings (SSSR count). The van der Waals surface area contributed by atoms with Gasteiger partial charge in [0.1, 0.15) is 12.4 Å². The fourth-order valence-corrected chi connectivity index (χ4v) is 2.43. The molecule has 2 aromatic rings. The third-order valence-corrected chi connectivity index (χ3v) is 3.75. The second-order valence-electron chi connectivity index (χ2n) is 5.83. The molecule has 0 radical (unpaired) electrons. The predicted molar refractivity (Wildman–Crippen MR) is 92.0 cm³/mol. The summed E-state index contributed by atoms with van der Waals surface area (Å²) in [6.45, 7) is 5.18. The second-order valence-corrected chi connectivity index (χ2v) is 5.83. The minimum Gasteiger partial charge on any atom is -0.329 e. The molecule has 0 atom stereocenters. The Hall–Kier alpha value is -2.69. The zero-order valence-corrected chi connectivity index (χ0v) is 14.1. The fourth-order valence-electron chi connectivity index (χ4n) is 2.43. The predicted octanol–water partition coefficient (Wildman–Crippen LogP) is 3.43. The molecule has 5 heteroatoms. The number of nitrogens with one attached hydrogen (secondary N) is 1. The quantitative estimate of drug-likeness (QED) is 0.914. The van der Waals surface area contributed by atoms with Crippen molar-refractivity contribution in [2.24, 2.45) is 0 Å². The standard InChI is InChI=1S/C19H21FN2O2/c1-13-8-9-18(14(2)10-13)21-19(24)12-22(15(3)23)11-16-6-4-5-7-17(16)20/h4-10H,11-12H2,1-3H3,(H,21,24). The first-order chi connectivity index (χ1) is 11.4. The number of rotatable bonds is 5. The van der Waals surface area contributed by atoms with Gasteiger partial charge in [0.15, 0.2) is 0 Å². The molecule has 4 nitrogen and oxygen atoms in total. The van der Waals surface area contributed by atoms with Crippen molar-refractivity contribution in [3.05, 3.63) is 65.0 Å². The number of anilines is 1. The Labute approximate surface area is 141 Å². The number of carbonyl (C=O) groups excluding carboxylic acids is 2. The first-order valence-corrected chi connectivity index (χ1v) is 7.73. The molecule has 126 valence electrons. The van der Waals surface area contributed by atoms with E-state index in [0.29, 0.717) is 11.3 Å². The summed E-state index contributed by atoms with van der Waals surface area (Å²) in [5.74, 6) is -0.985. The fraction of sp³-hybridized carbons (Fsp3) is 0.263. The van der Waals surface area contributed by atoms with Crippen molar-refractivity contribution in [2.75, 3.05) is 11.9 Å². The summed E-state index contributed by atoms with van der Waals surface area (Å²) in [7, 11) is 0. The lowest BCUT2D eigenvalue weighted by atomic mass is 10.1. The first-order valence-electron chi connectivity index (χ1n) is 7.73. The van der Waals surface area contributed by atoms with Crippen molar-refractivity contribution in [3.63, 3.8) is 0 Å². The molecule has 2 amide bonds. The van der Waals surface area contributed by atoms with E-state index in [2.05, 4.69) is 5.32 Å².